The molecule has 0 atom stereocenters. The summed E-state index contributed by atoms with van der Waals surface area (Å²) >= 11 is 0. The van der Waals surface area contributed by atoms with Gasteiger partial charge in [-0.2, -0.15) is 0 Å². The number of hydrogen-bond donors (Lipinski definition) is 0. The van der Waals surface area contributed by atoms with Crippen LogP contribution in [-0.2, 0) is 5.41 Å². The first-order valence-corrected chi connectivity index (χ1v) is 13.8. The zero-order valence-corrected chi connectivity index (χ0v) is 22.5. The van der Waals surface area contributed by atoms with Gasteiger partial charge in [0.05, 0.1) is 11.0 Å². The van der Waals surface area contributed by atoms with Crippen LogP contribution in [0.15, 0.2) is 121 Å². The van der Waals surface area contributed by atoms with Gasteiger partial charge in [-0.15, -0.1) is 0 Å². The van der Waals surface area contributed by atoms with Crippen LogP contribution in [0.2, 0.25) is 0 Å². The molecule has 1 heteroatoms. The molecule has 8 aromatic rings. The molecule has 7 aromatic carbocycles. The second-order valence-corrected chi connectivity index (χ2v) is 11.9. The van der Waals surface area contributed by atoms with Crippen molar-refractivity contribution in [3.8, 4) is 16.8 Å². The summed E-state index contributed by atoms with van der Waals surface area (Å²) < 4.78 is 2.40. The molecule has 0 spiro atoms. The predicted octanol–water partition coefficient (Wildman–Crippen LogP) is 10.6. The summed E-state index contributed by atoms with van der Waals surface area (Å²) in [7, 11) is 0. The molecule has 0 aliphatic rings. The SMILES string of the molecule is CC(C)(C)c1cc2ccc3ccc(-c4cccc(-n5c6ccccc6c6ccccc65)c4)c4ccc(c1)c2c34. The van der Waals surface area contributed by atoms with E-state index >= 15 is 0 Å². The van der Waals surface area contributed by atoms with Crippen molar-refractivity contribution in [2.75, 3.05) is 0 Å². The van der Waals surface area contributed by atoms with Crippen molar-refractivity contribution in [2.45, 2.75) is 26.2 Å². The van der Waals surface area contributed by atoms with Gasteiger partial charge in [0.15, 0.2) is 0 Å². The summed E-state index contributed by atoms with van der Waals surface area (Å²) in [6.07, 6.45) is 0. The van der Waals surface area contributed by atoms with Crippen molar-refractivity contribution >= 4 is 54.1 Å². The monoisotopic (exact) mass is 499 g/mol. The maximum atomic E-state index is 2.40. The second kappa shape index (κ2) is 7.94. The van der Waals surface area contributed by atoms with Crippen molar-refractivity contribution in [1.82, 2.24) is 4.57 Å². The van der Waals surface area contributed by atoms with E-state index in [-0.39, 0.29) is 5.41 Å². The molecule has 0 saturated carbocycles. The molecule has 186 valence electrons. The lowest BCUT2D eigenvalue weighted by molar-refractivity contribution is 0.591. The summed E-state index contributed by atoms with van der Waals surface area (Å²) in [5.41, 5.74) is 7.67. The van der Waals surface area contributed by atoms with Gasteiger partial charge in [0.25, 0.3) is 0 Å². The summed E-state index contributed by atoms with van der Waals surface area (Å²) in [5, 5.41) is 10.6. The molecule has 0 radical (unpaired) electrons. The smallest absolute Gasteiger partial charge is 0.0541 e. The van der Waals surface area contributed by atoms with E-state index in [0.717, 1.165) is 0 Å². The quantitative estimate of drug-likeness (QED) is 0.208. The Balaban J connectivity index is 1.38. The van der Waals surface area contributed by atoms with E-state index in [0.29, 0.717) is 0 Å². The zero-order chi connectivity index (χ0) is 26.3. The van der Waals surface area contributed by atoms with E-state index in [9.17, 15) is 0 Å². The minimum Gasteiger partial charge on any atom is -0.309 e. The highest BCUT2D eigenvalue weighted by Gasteiger charge is 2.18. The topological polar surface area (TPSA) is 4.93 Å². The molecule has 8 rings (SSSR count). The Bertz CT molecular complexity index is 2130. The third-order valence-corrected chi connectivity index (χ3v) is 8.46. The molecule has 0 aliphatic carbocycles. The lowest BCUT2D eigenvalue weighted by Gasteiger charge is -2.22. The van der Waals surface area contributed by atoms with E-state index in [4.69, 9.17) is 0 Å². The average molecular weight is 500 g/mol. The van der Waals surface area contributed by atoms with Crippen molar-refractivity contribution in [3.05, 3.63) is 127 Å². The maximum Gasteiger partial charge on any atom is 0.0541 e. The van der Waals surface area contributed by atoms with Gasteiger partial charge in [0.1, 0.15) is 0 Å². The number of para-hydroxylation sites is 2. The van der Waals surface area contributed by atoms with E-state index in [1.54, 1.807) is 0 Å². The van der Waals surface area contributed by atoms with Gasteiger partial charge >= 0.3 is 0 Å². The lowest BCUT2D eigenvalue weighted by atomic mass is 9.83. The van der Waals surface area contributed by atoms with Crippen LogP contribution in [0.5, 0.6) is 0 Å². The Kier molecular flexibility index (Phi) is 4.56. The first-order valence-electron chi connectivity index (χ1n) is 13.8. The third-order valence-electron chi connectivity index (χ3n) is 8.46. The Morgan fingerprint density at radius 1 is 0.487 bits per heavy atom. The zero-order valence-electron chi connectivity index (χ0n) is 22.5. The standard InChI is InChI=1S/C38H29N/c1-38(2,3)28-21-26-16-15-24-17-19-30(33-20-18-27(22-28)36(26)37(24)33)25-9-8-10-29(23-25)39-34-13-6-4-11-31(34)32-12-5-7-14-35(32)39/h4-23H,1-3H3. The van der Waals surface area contributed by atoms with E-state index in [1.165, 1.54) is 76.5 Å². The Morgan fingerprint density at radius 2 is 1.10 bits per heavy atom. The second-order valence-electron chi connectivity index (χ2n) is 11.9. The Morgan fingerprint density at radius 3 is 1.79 bits per heavy atom. The molecule has 39 heavy (non-hydrogen) atoms. The Labute approximate surface area is 228 Å². The van der Waals surface area contributed by atoms with Crippen LogP contribution in [0, 0.1) is 0 Å². The van der Waals surface area contributed by atoms with Crippen LogP contribution in [-0.4, -0.2) is 4.57 Å². The number of benzene rings is 7. The van der Waals surface area contributed by atoms with Crippen molar-refractivity contribution in [2.24, 2.45) is 0 Å². The molecular formula is C38H29N. The van der Waals surface area contributed by atoms with Gasteiger partial charge < -0.3 is 4.57 Å². The highest BCUT2D eigenvalue weighted by Crippen LogP contribution is 2.41. The molecule has 0 fully saturated rings. The Hall–Kier alpha value is -4.62. The van der Waals surface area contributed by atoms with Crippen molar-refractivity contribution < 1.29 is 0 Å². The van der Waals surface area contributed by atoms with Gasteiger partial charge in [-0.05, 0) is 78.7 Å². The molecule has 0 bridgehead atoms. The summed E-state index contributed by atoms with van der Waals surface area (Å²) in [5.74, 6) is 0. The number of aromatic nitrogens is 1. The molecule has 0 saturated heterocycles. The van der Waals surface area contributed by atoms with E-state index < -0.39 is 0 Å². The number of hydrogen-bond acceptors (Lipinski definition) is 0. The molecule has 0 aliphatic heterocycles. The molecule has 1 nitrogen and oxygen atoms in total. The molecule has 0 N–H and O–H groups in total. The van der Waals surface area contributed by atoms with E-state index in [2.05, 4.69) is 147 Å². The number of rotatable bonds is 2. The van der Waals surface area contributed by atoms with Gasteiger partial charge in [-0.3, -0.25) is 0 Å². The van der Waals surface area contributed by atoms with Crippen LogP contribution in [0.1, 0.15) is 26.3 Å². The highest BCUT2D eigenvalue weighted by molar-refractivity contribution is 6.25. The van der Waals surface area contributed by atoms with Crippen LogP contribution in [0.4, 0.5) is 0 Å². The minimum atomic E-state index is 0.114. The molecule has 1 heterocycles. The third kappa shape index (κ3) is 3.26. The fourth-order valence-electron chi connectivity index (χ4n) is 6.52. The summed E-state index contributed by atoms with van der Waals surface area (Å²) in [6.45, 7) is 6.88. The predicted molar refractivity (Wildman–Crippen MR) is 169 cm³/mol. The first-order chi connectivity index (χ1) is 19.0. The average Bonchev–Trinajstić information content (AvgIpc) is 3.30. The molecule has 0 amide bonds. The molecular weight excluding hydrogens is 470 g/mol. The van der Waals surface area contributed by atoms with Crippen LogP contribution >= 0.6 is 0 Å². The number of nitrogens with zero attached hydrogens (tertiary/aromatic N) is 1. The fraction of sp³-hybridized carbons (Fsp3) is 0.105. The largest absolute Gasteiger partial charge is 0.309 e. The van der Waals surface area contributed by atoms with E-state index in [1.807, 2.05) is 0 Å². The molecule has 0 unspecified atom stereocenters. The van der Waals surface area contributed by atoms with Crippen molar-refractivity contribution in [3.63, 3.8) is 0 Å². The summed E-state index contributed by atoms with van der Waals surface area (Å²) in [6, 6.07) is 45.1. The normalized spacial score (nSPS) is 12.5. The minimum absolute atomic E-state index is 0.114. The van der Waals surface area contributed by atoms with Crippen molar-refractivity contribution in [1.29, 1.82) is 0 Å². The molecule has 1 aromatic heterocycles. The first kappa shape index (κ1) is 22.4. The number of fused-ring (bicyclic) bond motifs is 3. The van der Waals surface area contributed by atoms with Crippen LogP contribution in [0.3, 0.4) is 0 Å². The lowest BCUT2D eigenvalue weighted by Crippen LogP contribution is -2.10. The van der Waals surface area contributed by atoms with Crippen LogP contribution in [0.25, 0.3) is 70.9 Å². The maximum absolute atomic E-state index is 2.40. The van der Waals surface area contributed by atoms with Gasteiger partial charge in [-0.25, -0.2) is 0 Å². The highest BCUT2D eigenvalue weighted by atomic mass is 15.0. The van der Waals surface area contributed by atoms with Gasteiger partial charge in [0.2, 0.25) is 0 Å². The summed E-state index contributed by atoms with van der Waals surface area (Å²) in [4.78, 5) is 0. The van der Waals surface area contributed by atoms with Gasteiger partial charge in [-0.1, -0.05) is 118 Å². The van der Waals surface area contributed by atoms with Gasteiger partial charge in [0, 0.05) is 16.5 Å². The fourth-order valence-corrected chi connectivity index (χ4v) is 6.52. The van der Waals surface area contributed by atoms with Crippen LogP contribution < -0.4 is 0 Å².